The number of nitrogens with zero attached hydrogens (tertiary/aromatic N) is 3. The quantitative estimate of drug-likeness (QED) is 0.624. The number of hydroxylamine groups is 2. The van der Waals surface area contributed by atoms with Gasteiger partial charge in [0.1, 0.15) is 0 Å². The molecular weight excluding hydrogens is 315 g/mol. The molecule has 1 heterocycles. The Kier molecular flexibility index (Phi) is 4.80. The van der Waals surface area contributed by atoms with E-state index in [0.717, 1.165) is 5.06 Å². The summed E-state index contributed by atoms with van der Waals surface area (Å²) in [6, 6.07) is 5.69. The highest BCUT2D eigenvalue weighted by atomic mass is 19.4. The number of alkyl halides is 3. The predicted octanol–water partition coefficient (Wildman–Crippen LogP) is 2.95. The lowest BCUT2D eigenvalue weighted by molar-refractivity contribution is -0.159. The molecule has 122 valence electrons. The van der Waals surface area contributed by atoms with Gasteiger partial charge < -0.3 is 4.52 Å². The molecule has 0 unspecified atom stereocenters. The smallest absolute Gasteiger partial charge is 0.329 e. The molecule has 1 aromatic heterocycles. The molecule has 0 radical (unpaired) electrons. The average molecular weight is 327 g/mol. The van der Waals surface area contributed by atoms with E-state index < -0.39 is 18.0 Å². The molecular formula is C14H12F3N3O3. The summed E-state index contributed by atoms with van der Waals surface area (Å²) >= 11 is 0. The van der Waals surface area contributed by atoms with Crippen molar-refractivity contribution in [3.8, 4) is 11.4 Å². The van der Waals surface area contributed by atoms with Crippen LogP contribution in [0.3, 0.4) is 0 Å². The van der Waals surface area contributed by atoms with Crippen LogP contribution >= 0.6 is 0 Å². The maximum atomic E-state index is 12.4. The fourth-order valence-electron chi connectivity index (χ4n) is 1.72. The maximum Gasteiger partial charge on any atom is 0.471 e. The SMILES string of the molecule is C=CCN(OC)C(=O)c1ccc(-c2noc(C(F)(F)F)n2)cc1. The lowest BCUT2D eigenvalue weighted by atomic mass is 10.1. The number of amides is 1. The van der Waals surface area contributed by atoms with Gasteiger partial charge in [-0.3, -0.25) is 9.63 Å². The Labute approximate surface area is 129 Å². The van der Waals surface area contributed by atoms with Gasteiger partial charge in [-0.25, -0.2) is 5.06 Å². The van der Waals surface area contributed by atoms with Crippen LogP contribution in [0.1, 0.15) is 16.2 Å². The van der Waals surface area contributed by atoms with Crippen molar-refractivity contribution in [1.29, 1.82) is 0 Å². The molecule has 23 heavy (non-hydrogen) atoms. The van der Waals surface area contributed by atoms with Gasteiger partial charge in [-0.2, -0.15) is 18.2 Å². The van der Waals surface area contributed by atoms with Gasteiger partial charge in [0.2, 0.25) is 5.82 Å². The lowest BCUT2D eigenvalue weighted by Crippen LogP contribution is -2.29. The minimum atomic E-state index is -4.70. The van der Waals surface area contributed by atoms with Crippen molar-refractivity contribution in [2.24, 2.45) is 0 Å². The Morgan fingerprint density at radius 2 is 2.04 bits per heavy atom. The number of carbonyl (C=O) groups is 1. The summed E-state index contributed by atoms with van der Waals surface area (Å²) in [5, 5.41) is 4.35. The van der Waals surface area contributed by atoms with Gasteiger partial charge in [-0.05, 0) is 12.1 Å². The molecule has 9 heteroatoms. The third-order valence-corrected chi connectivity index (χ3v) is 2.80. The molecule has 0 N–H and O–H groups in total. The molecule has 2 rings (SSSR count). The van der Waals surface area contributed by atoms with Crippen molar-refractivity contribution >= 4 is 5.91 Å². The third kappa shape index (κ3) is 3.75. The van der Waals surface area contributed by atoms with Crippen molar-refractivity contribution in [2.75, 3.05) is 13.7 Å². The predicted molar refractivity (Wildman–Crippen MR) is 73.0 cm³/mol. The number of hydrogen-bond donors (Lipinski definition) is 0. The van der Waals surface area contributed by atoms with Crippen molar-refractivity contribution in [1.82, 2.24) is 15.2 Å². The van der Waals surface area contributed by atoms with E-state index in [1.165, 1.54) is 37.5 Å². The first-order valence-electron chi connectivity index (χ1n) is 6.35. The van der Waals surface area contributed by atoms with Crippen LogP contribution in [-0.4, -0.2) is 34.8 Å². The highest BCUT2D eigenvalue weighted by Crippen LogP contribution is 2.29. The van der Waals surface area contributed by atoms with Crippen LogP contribution in [0.15, 0.2) is 41.4 Å². The van der Waals surface area contributed by atoms with E-state index in [2.05, 4.69) is 21.2 Å². The summed E-state index contributed by atoms with van der Waals surface area (Å²) in [6.07, 6.45) is -3.21. The molecule has 2 aromatic rings. The monoisotopic (exact) mass is 327 g/mol. The van der Waals surface area contributed by atoms with Gasteiger partial charge in [-0.15, -0.1) is 6.58 Å². The second-order valence-corrected chi connectivity index (χ2v) is 4.34. The van der Waals surface area contributed by atoms with E-state index in [1.54, 1.807) is 0 Å². The van der Waals surface area contributed by atoms with Crippen LogP contribution in [0, 0.1) is 0 Å². The number of halogens is 3. The minimum Gasteiger partial charge on any atom is -0.329 e. The molecule has 0 saturated carbocycles. The van der Waals surface area contributed by atoms with E-state index in [-0.39, 0.29) is 23.5 Å². The van der Waals surface area contributed by atoms with Gasteiger partial charge in [0.25, 0.3) is 5.91 Å². The van der Waals surface area contributed by atoms with E-state index in [4.69, 9.17) is 4.84 Å². The lowest BCUT2D eigenvalue weighted by Gasteiger charge is -2.17. The Hall–Kier alpha value is -2.68. The third-order valence-electron chi connectivity index (χ3n) is 2.80. The number of hydrogen-bond acceptors (Lipinski definition) is 5. The van der Waals surface area contributed by atoms with Crippen LogP contribution in [0.5, 0.6) is 0 Å². The van der Waals surface area contributed by atoms with Crippen molar-refractivity contribution < 1.29 is 27.3 Å². The van der Waals surface area contributed by atoms with E-state index in [1.807, 2.05) is 0 Å². The molecule has 0 fully saturated rings. The molecule has 0 bridgehead atoms. The van der Waals surface area contributed by atoms with Crippen molar-refractivity contribution in [3.05, 3.63) is 48.4 Å². The number of aromatic nitrogens is 2. The zero-order valence-corrected chi connectivity index (χ0v) is 12.0. The largest absolute Gasteiger partial charge is 0.471 e. The van der Waals surface area contributed by atoms with Gasteiger partial charge in [-0.1, -0.05) is 23.4 Å². The van der Waals surface area contributed by atoms with Crippen LogP contribution in [0.2, 0.25) is 0 Å². The summed E-state index contributed by atoms with van der Waals surface area (Å²) in [7, 11) is 1.34. The molecule has 0 aliphatic carbocycles. The zero-order chi connectivity index (χ0) is 17.0. The summed E-state index contributed by atoms with van der Waals surface area (Å²) in [5.74, 6) is -2.06. The molecule has 0 aliphatic heterocycles. The Morgan fingerprint density at radius 1 is 1.39 bits per heavy atom. The first kappa shape index (κ1) is 16.7. The van der Waals surface area contributed by atoms with Gasteiger partial charge >= 0.3 is 12.1 Å². The molecule has 0 atom stereocenters. The number of benzene rings is 1. The molecule has 0 saturated heterocycles. The molecule has 6 nitrogen and oxygen atoms in total. The summed E-state index contributed by atoms with van der Waals surface area (Å²) in [4.78, 5) is 20.3. The van der Waals surface area contributed by atoms with Crippen LogP contribution < -0.4 is 0 Å². The average Bonchev–Trinajstić information content (AvgIpc) is 3.02. The molecule has 1 aromatic carbocycles. The highest BCUT2D eigenvalue weighted by molar-refractivity contribution is 5.94. The molecule has 0 spiro atoms. The first-order chi connectivity index (χ1) is 10.9. The van der Waals surface area contributed by atoms with Crippen molar-refractivity contribution in [2.45, 2.75) is 6.18 Å². The summed E-state index contributed by atoms with van der Waals surface area (Å²) < 4.78 is 41.4. The number of rotatable bonds is 5. The highest BCUT2D eigenvalue weighted by Gasteiger charge is 2.38. The second kappa shape index (κ2) is 6.61. The van der Waals surface area contributed by atoms with Crippen LogP contribution in [0.25, 0.3) is 11.4 Å². The summed E-state index contributed by atoms with van der Waals surface area (Å²) in [5.41, 5.74) is 0.575. The fourth-order valence-corrected chi connectivity index (χ4v) is 1.72. The Bertz CT molecular complexity index is 695. The van der Waals surface area contributed by atoms with Gasteiger partial charge in [0, 0.05) is 11.1 Å². The van der Waals surface area contributed by atoms with Crippen LogP contribution in [0.4, 0.5) is 13.2 Å². The van der Waals surface area contributed by atoms with Crippen molar-refractivity contribution in [3.63, 3.8) is 0 Å². The minimum absolute atomic E-state index is 0.191. The number of carbonyl (C=O) groups excluding carboxylic acids is 1. The Balaban J connectivity index is 2.21. The zero-order valence-electron chi connectivity index (χ0n) is 12.0. The van der Waals surface area contributed by atoms with E-state index >= 15 is 0 Å². The fraction of sp³-hybridized carbons (Fsp3) is 0.214. The van der Waals surface area contributed by atoms with Gasteiger partial charge in [0.05, 0.1) is 13.7 Å². The molecule has 0 aliphatic rings. The maximum absolute atomic E-state index is 12.4. The normalized spacial score (nSPS) is 11.3. The van der Waals surface area contributed by atoms with E-state index in [0.29, 0.717) is 0 Å². The topological polar surface area (TPSA) is 68.5 Å². The first-order valence-corrected chi connectivity index (χ1v) is 6.35. The second-order valence-electron chi connectivity index (χ2n) is 4.34. The summed E-state index contributed by atoms with van der Waals surface area (Å²) in [6.45, 7) is 3.70. The van der Waals surface area contributed by atoms with E-state index in [9.17, 15) is 18.0 Å². The van der Waals surface area contributed by atoms with Gasteiger partial charge in [0.15, 0.2) is 0 Å². The molecule has 1 amide bonds. The van der Waals surface area contributed by atoms with Crippen LogP contribution in [-0.2, 0) is 11.0 Å². The standard InChI is InChI=1S/C14H12F3N3O3/c1-3-8-20(22-2)12(21)10-6-4-9(5-7-10)11-18-13(23-19-11)14(15,16)17/h3-7H,1,8H2,2H3. The Morgan fingerprint density at radius 3 is 2.52 bits per heavy atom.